The molecular weight excluding hydrogens is 364 g/mol. The number of hydrogen-bond donors (Lipinski definition) is 0. The molecule has 0 atom stereocenters. The average molecular weight is 388 g/mol. The monoisotopic (exact) mass is 388 g/mol. The summed E-state index contributed by atoms with van der Waals surface area (Å²) in [4.78, 5) is 23.3. The zero-order chi connectivity index (χ0) is 21.2. The van der Waals surface area contributed by atoms with Crippen molar-refractivity contribution in [3.63, 3.8) is 0 Å². The first-order valence-electron chi connectivity index (χ1n) is 9.16. The van der Waals surface area contributed by atoms with Crippen molar-refractivity contribution in [3.8, 4) is 0 Å². The summed E-state index contributed by atoms with van der Waals surface area (Å²) in [6.07, 6.45) is 7.95. The highest BCUT2D eigenvalue weighted by Crippen LogP contribution is 2.13. The van der Waals surface area contributed by atoms with Crippen LogP contribution in [-0.4, -0.2) is 19.0 Å². The highest BCUT2D eigenvalue weighted by molar-refractivity contribution is 5.92. The van der Waals surface area contributed by atoms with Crippen molar-refractivity contribution in [3.05, 3.63) is 101 Å². The molecule has 0 bridgehead atoms. The topological polar surface area (TPSA) is 52.6 Å². The average Bonchev–Trinajstić information content (AvgIpc) is 2.76. The Labute approximate surface area is 171 Å². The molecule has 29 heavy (non-hydrogen) atoms. The maximum absolute atomic E-state index is 11.8. The van der Waals surface area contributed by atoms with Crippen molar-refractivity contribution in [2.75, 3.05) is 7.11 Å². The van der Waals surface area contributed by atoms with Crippen molar-refractivity contribution >= 4 is 30.2 Å². The standard InChI is InChI=1S/C25H24O4/c1-5-19(3)29-24(26)18(2)6-7-20-8-10-21(11-9-20)12-13-22-14-16-23(17-15-22)25(27)28-4/h6-17H,2-3,5H2,1,4H3/b7-6+,13-12+. The van der Waals surface area contributed by atoms with Crippen molar-refractivity contribution in [2.24, 2.45) is 0 Å². The predicted molar refractivity (Wildman–Crippen MR) is 117 cm³/mol. The number of ether oxygens (including phenoxy) is 2. The van der Waals surface area contributed by atoms with Gasteiger partial charge < -0.3 is 9.47 Å². The lowest BCUT2D eigenvalue weighted by Crippen LogP contribution is -2.04. The maximum atomic E-state index is 11.8. The summed E-state index contributed by atoms with van der Waals surface area (Å²) in [6, 6.07) is 15.0. The molecule has 148 valence electrons. The lowest BCUT2D eigenvalue weighted by molar-refractivity contribution is -0.134. The Kier molecular flexibility index (Phi) is 7.92. The van der Waals surface area contributed by atoms with Crippen LogP contribution in [0.15, 0.2) is 79.1 Å². The number of carbonyl (C=O) groups excluding carboxylic acids is 2. The molecule has 0 aromatic heterocycles. The minimum Gasteiger partial charge on any atom is -0.465 e. The van der Waals surface area contributed by atoms with E-state index in [4.69, 9.17) is 4.74 Å². The first-order valence-corrected chi connectivity index (χ1v) is 9.16. The normalized spacial score (nSPS) is 10.8. The fourth-order valence-electron chi connectivity index (χ4n) is 2.29. The fourth-order valence-corrected chi connectivity index (χ4v) is 2.29. The zero-order valence-electron chi connectivity index (χ0n) is 16.7. The predicted octanol–water partition coefficient (Wildman–Crippen LogP) is 5.68. The fraction of sp³-hybridized carbons (Fsp3) is 0.120. The van der Waals surface area contributed by atoms with Gasteiger partial charge in [0.15, 0.2) is 0 Å². The van der Waals surface area contributed by atoms with Crippen LogP contribution in [0.25, 0.3) is 18.2 Å². The second-order valence-corrected chi connectivity index (χ2v) is 6.25. The summed E-state index contributed by atoms with van der Waals surface area (Å²) in [5.74, 6) is -0.429. The van der Waals surface area contributed by atoms with Crippen LogP contribution in [0, 0.1) is 0 Å². The van der Waals surface area contributed by atoms with Crippen molar-refractivity contribution in [2.45, 2.75) is 13.3 Å². The van der Waals surface area contributed by atoms with E-state index >= 15 is 0 Å². The molecule has 0 saturated heterocycles. The van der Waals surface area contributed by atoms with E-state index in [1.807, 2.05) is 55.5 Å². The molecule has 0 fully saturated rings. The number of carbonyl (C=O) groups is 2. The van der Waals surface area contributed by atoms with E-state index < -0.39 is 5.97 Å². The number of rotatable bonds is 8. The Hall–Kier alpha value is -3.66. The van der Waals surface area contributed by atoms with Gasteiger partial charge in [0.25, 0.3) is 0 Å². The first kappa shape index (κ1) is 21.6. The van der Waals surface area contributed by atoms with Crippen LogP contribution in [0.1, 0.15) is 40.4 Å². The number of benzene rings is 2. The Balaban J connectivity index is 1.96. The van der Waals surface area contributed by atoms with E-state index in [0.29, 0.717) is 17.7 Å². The molecule has 0 saturated carbocycles. The number of methoxy groups -OCH3 is 1. The third-order valence-electron chi connectivity index (χ3n) is 4.11. The van der Waals surface area contributed by atoms with E-state index in [1.165, 1.54) is 7.11 Å². The van der Waals surface area contributed by atoms with Gasteiger partial charge in [0.1, 0.15) is 5.76 Å². The largest absolute Gasteiger partial charge is 0.465 e. The van der Waals surface area contributed by atoms with E-state index in [2.05, 4.69) is 17.9 Å². The van der Waals surface area contributed by atoms with Gasteiger partial charge in [-0.1, -0.05) is 74.7 Å². The Morgan fingerprint density at radius 1 is 0.862 bits per heavy atom. The van der Waals surface area contributed by atoms with E-state index in [9.17, 15) is 9.59 Å². The highest BCUT2D eigenvalue weighted by Gasteiger charge is 2.06. The molecule has 0 radical (unpaired) electrons. The van der Waals surface area contributed by atoms with Crippen LogP contribution >= 0.6 is 0 Å². The second-order valence-electron chi connectivity index (χ2n) is 6.25. The number of allylic oxidation sites excluding steroid dienone is 1. The molecule has 0 spiro atoms. The van der Waals surface area contributed by atoms with Gasteiger partial charge in [-0.25, -0.2) is 9.59 Å². The van der Waals surface area contributed by atoms with Crippen molar-refractivity contribution < 1.29 is 19.1 Å². The summed E-state index contributed by atoms with van der Waals surface area (Å²) >= 11 is 0. The van der Waals surface area contributed by atoms with Crippen LogP contribution in [-0.2, 0) is 14.3 Å². The minimum atomic E-state index is -0.495. The molecular formula is C25H24O4. The molecule has 4 nitrogen and oxygen atoms in total. The van der Waals surface area contributed by atoms with Crippen LogP contribution in [0.2, 0.25) is 0 Å². The lowest BCUT2D eigenvalue weighted by atomic mass is 10.1. The number of hydrogen-bond acceptors (Lipinski definition) is 4. The molecule has 0 amide bonds. The molecule has 0 aliphatic carbocycles. The van der Waals surface area contributed by atoms with Crippen molar-refractivity contribution in [1.29, 1.82) is 0 Å². The van der Waals surface area contributed by atoms with Crippen LogP contribution in [0.3, 0.4) is 0 Å². The van der Waals surface area contributed by atoms with Crippen LogP contribution < -0.4 is 0 Å². The zero-order valence-corrected chi connectivity index (χ0v) is 16.7. The number of esters is 2. The molecule has 0 heterocycles. The Morgan fingerprint density at radius 2 is 1.34 bits per heavy atom. The molecule has 4 heteroatoms. The molecule has 2 aromatic carbocycles. The Bertz CT molecular complexity index is 945. The van der Waals surface area contributed by atoms with E-state index in [-0.39, 0.29) is 11.5 Å². The van der Waals surface area contributed by atoms with Gasteiger partial charge in [-0.15, -0.1) is 0 Å². The third kappa shape index (κ3) is 6.78. The molecule has 2 aromatic rings. The molecule has 0 unspecified atom stereocenters. The molecule has 0 aliphatic rings. The van der Waals surface area contributed by atoms with Crippen LogP contribution in [0.4, 0.5) is 0 Å². The summed E-state index contributed by atoms with van der Waals surface area (Å²) < 4.78 is 9.74. The molecule has 0 aliphatic heterocycles. The van der Waals surface area contributed by atoms with Gasteiger partial charge in [0.05, 0.1) is 18.2 Å². The van der Waals surface area contributed by atoms with E-state index in [1.54, 1.807) is 24.3 Å². The first-order chi connectivity index (χ1) is 13.9. The highest BCUT2D eigenvalue weighted by atomic mass is 16.5. The summed E-state index contributed by atoms with van der Waals surface area (Å²) in [5, 5.41) is 0. The van der Waals surface area contributed by atoms with Gasteiger partial charge in [-0.05, 0) is 34.9 Å². The van der Waals surface area contributed by atoms with E-state index in [0.717, 1.165) is 16.7 Å². The minimum absolute atomic E-state index is 0.263. The van der Waals surface area contributed by atoms with Gasteiger partial charge in [0, 0.05) is 6.42 Å². The summed E-state index contributed by atoms with van der Waals surface area (Å²) in [7, 11) is 1.36. The molecule has 0 N–H and O–H groups in total. The van der Waals surface area contributed by atoms with Crippen LogP contribution in [0.5, 0.6) is 0 Å². The Morgan fingerprint density at radius 3 is 1.83 bits per heavy atom. The smallest absolute Gasteiger partial charge is 0.342 e. The van der Waals surface area contributed by atoms with Crippen molar-refractivity contribution in [1.82, 2.24) is 0 Å². The molecule has 2 rings (SSSR count). The quantitative estimate of drug-likeness (QED) is 0.192. The third-order valence-corrected chi connectivity index (χ3v) is 4.11. The van der Waals surface area contributed by atoms with Gasteiger partial charge in [-0.3, -0.25) is 0 Å². The van der Waals surface area contributed by atoms with Gasteiger partial charge in [-0.2, -0.15) is 0 Å². The van der Waals surface area contributed by atoms with Gasteiger partial charge >= 0.3 is 11.9 Å². The van der Waals surface area contributed by atoms with Gasteiger partial charge in [0.2, 0.25) is 0 Å². The lowest BCUT2D eigenvalue weighted by Gasteiger charge is -2.04. The SMILES string of the molecule is C=C(CC)OC(=O)C(=C)/C=C/c1ccc(/C=C/c2ccc(C(=O)OC)cc2)cc1. The summed E-state index contributed by atoms with van der Waals surface area (Å²) in [5.41, 5.74) is 3.72. The maximum Gasteiger partial charge on any atom is 0.342 e. The summed E-state index contributed by atoms with van der Waals surface area (Å²) in [6.45, 7) is 9.22. The second kappa shape index (κ2) is 10.6.